The predicted octanol–water partition coefficient (Wildman–Crippen LogP) is 16.1. The molecule has 0 radical (unpaired) electrons. The van der Waals surface area contributed by atoms with E-state index >= 15 is 0 Å². The van der Waals surface area contributed by atoms with Crippen molar-refractivity contribution in [2.75, 3.05) is 4.90 Å². The average Bonchev–Trinajstić information content (AvgIpc) is 3.67. The summed E-state index contributed by atoms with van der Waals surface area (Å²) in [6, 6.07) is 87.9. The summed E-state index contributed by atoms with van der Waals surface area (Å²) in [5.41, 5.74) is 16.3. The molecule has 2 heteroatoms. The number of nitrogens with zero attached hydrogens (tertiary/aromatic N) is 2. The molecule has 11 aromatic rings. The summed E-state index contributed by atoms with van der Waals surface area (Å²) in [6.45, 7) is 0. The first kappa shape index (κ1) is 35.2. The molecular weight excluding hydrogens is 725 g/mol. The molecule has 1 aromatic heterocycles. The Bertz CT molecular complexity index is 3290. The fourth-order valence-electron chi connectivity index (χ4n) is 9.16. The molecule has 0 amide bonds. The van der Waals surface area contributed by atoms with Gasteiger partial charge in [-0.25, -0.2) is 0 Å². The highest BCUT2D eigenvalue weighted by Crippen LogP contribution is 2.49. The molecule has 0 bridgehead atoms. The zero-order valence-corrected chi connectivity index (χ0v) is 33.0. The largest absolute Gasteiger partial charge is 0.309 e. The Labute approximate surface area is 350 Å². The highest BCUT2D eigenvalue weighted by Gasteiger charge is 2.24. The Hall–Kier alpha value is -7.94. The zero-order chi connectivity index (χ0) is 39.8. The lowest BCUT2D eigenvalue weighted by molar-refractivity contribution is 1.18. The molecule has 0 unspecified atom stereocenters. The highest BCUT2D eigenvalue weighted by atomic mass is 15.1. The first-order valence-corrected chi connectivity index (χ1v) is 20.6. The van der Waals surface area contributed by atoms with Crippen LogP contribution in [0.5, 0.6) is 0 Å². The maximum Gasteiger partial charge on any atom is 0.0547 e. The van der Waals surface area contributed by atoms with Crippen LogP contribution in [0.2, 0.25) is 0 Å². The van der Waals surface area contributed by atoms with E-state index in [0.29, 0.717) is 0 Å². The van der Waals surface area contributed by atoms with Crippen LogP contribution in [0.3, 0.4) is 0 Å². The Kier molecular flexibility index (Phi) is 8.87. The van der Waals surface area contributed by atoms with Gasteiger partial charge in [0.15, 0.2) is 0 Å². The SMILES string of the molecule is c1ccc(-c2ccc(N(c3ccccc3-c3cccc4cccc(-c5ccccc5)c34)c3ccccc3-c3cccc4c3c3ccccc3n4-c3ccccc3)cc2)cc1. The molecule has 1 heterocycles. The molecule has 282 valence electrons. The number of aromatic nitrogens is 1. The van der Waals surface area contributed by atoms with Gasteiger partial charge in [0.2, 0.25) is 0 Å². The van der Waals surface area contributed by atoms with Crippen LogP contribution >= 0.6 is 0 Å². The van der Waals surface area contributed by atoms with E-state index in [2.05, 4.69) is 252 Å². The van der Waals surface area contributed by atoms with Crippen LogP contribution in [0.15, 0.2) is 243 Å². The molecule has 0 aliphatic carbocycles. The van der Waals surface area contributed by atoms with Crippen molar-refractivity contribution in [2.24, 2.45) is 0 Å². The summed E-state index contributed by atoms with van der Waals surface area (Å²) in [5, 5.41) is 4.91. The van der Waals surface area contributed by atoms with Gasteiger partial charge in [-0.1, -0.05) is 194 Å². The lowest BCUT2D eigenvalue weighted by atomic mass is 9.90. The molecule has 0 aliphatic heterocycles. The van der Waals surface area contributed by atoms with Gasteiger partial charge in [-0.05, 0) is 92.7 Å². The van der Waals surface area contributed by atoms with Gasteiger partial charge in [0.1, 0.15) is 0 Å². The number of benzene rings is 10. The number of anilines is 3. The minimum atomic E-state index is 1.08. The molecule has 0 spiro atoms. The second-order valence-corrected chi connectivity index (χ2v) is 15.2. The van der Waals surface area contributed by atoms with E-state index in [-0.39, 0.29) is 0 Å². The summed E-state index contributed by atoms with van der Waals surface area (Å²) in [4.78, 5) is 2.47. The van der Waals surface area contributed by atoms with Crippen LogP contribution < -0.4 is 4.90 Å². The number of rotatable bonds is 8. The summed E-state index contributed by atoms with van der Waals surface area (Å²) in [5.74, 6) is 0. The van der Waals surface area contributed by atoms with E-state index in [9.17, 15) is 0 Å². The van der Waals surface area contributed by atoms with E-state index in [1.54, 1.807) is 0 Å². The number of fused-ring (bicyclic) bond motifs is 4. The molecule has 0 aliphatic rings. The van der Waals surface area contributed by atoms with Crippen LogP contribution in [0.4, 0.5) is 17.1 Å². The van der Waals surface area contributed by atoms with Crippen molar-refractivity contribution < 1.29 is 0 Å². The van der Waals surface area contributed by atoms with E-state index in [1.807, 2.05) is 0 Å². The normalized spacial score (nSPS) is 11.3. The van der Waals surface area contributed by atoms with E-state index in [4.69, 9.17) is 0 Å². The van der Waals surface area contributed by atoms with Gasteiger partial charge in [0, 0.05) is 33.3 Å². The van der Waals surface area contributed by atoms with Crippen LogP contribution in [0, 0.1) is 0 Å². The van der Waals surface area contributed by atoms with Crippen molar-refractivity contribution in [2.45, 2.75) is 0 Å². The van der Waals surface area contributed by atoms with Crippen molar-refractivity contribution in [3.63, 3.8) is 0 Å². The second kappa shape index (κ2) is 15.1. The third kappa shape index (κ3) is 6.06. The molecule has 0 saturated heterocycles. The summed E-state index contributed by atoms with van der Waals surface area (Å²) >= 11 is 0. The lowest BCUT2D eigenvalue weighted by Crippen LogP contribution is -2.12. The number of para-hydroxylation sites is 4. The Morgan fingerprint density at radius 2 is 0.750 bits per heavy atom. The summed E-state index contributed by atoms with van der Waals surface area (Å²) < 4.78 is 2.40. The maximum absolute atomic E-state index is 2.47. The van der Waals surface area contributed by atoms with Crippen molar-refractivity contribution in [3.05, 3.63) is 243 Å². The van der Waals surface area contributed by atoms with Crippen molar-refractivity contribution in [1.29, 1.82) is 0 Å². The van der Waals surface area contributed by atoms with Gasteiger partial charge in [0.25, 0.3) is 0 Å². The maximum atomic E-state index is 2.47. The van der Waals surface area contributed by atoms with Crippen LogP contribution in [-0.2, 0) is 0 Å². The molecule has 0 atom stereocenters. The van der Waals surface area contributed by atoms with E-state index in [1.165, 1.54) is 66.0 Å². The minimum Gasteiger partial charge on any atom is -0.309 e. The molecule has 60 heavy (non-hydrogen) atoms. The zero-order valence-electron chi connectivity index (χ0n) is 33.0. The van der Waals surface area contributed by atoms with E-state index in [0.717, 1.165) is 33.9 Å². The molecule has 0 fully saturated rings. The number of hydrogen-bond donors (Lipinski definition) is 0. The molecule has 10 aromatic carbocycles. The monoisotopic (exact) mass is 764 g/mol. The quantitative estimate of drug-likeness (QED) is 0.150. The van der Waals surface area contributed by atoms with Gasteiger partial charge in [-0.2, -0.15) is 0 Å². The third-order valence-electron chi connectivity index (χ3n) is 11.8. The molecule has 2 nitrogen and oxygen atoms in total. The predicted molar refractivity (Wildman–Crippen MR) is 255 cm³/mol. The summed E-state index contributed by atoms with van der Waals surface area (Å²) in [7, 11) is 0. The minimum absolute atomic E-state index is 1.08. The van der Waals surface area contributed by atoms with Crippen LogP contribution in [0.25, 0.3) is 82.8 Å². The fraction of sp³-hybridized carbons (Fsp3) is 0. The first-order valence-electron chi connectivity index (χ1n) is 20.6. The van der Waals surface area contributed by atoms with Crippen molar-refractivity contribution in [3.8, 4) is 50.2 Å². The smallest absolute Gasteiger partial charge is 0.0547 e. The van der Waals surface area contributed by atoms with Crippen LogP contribution in [0.1, 0.15) is 0 Å². The average molecular weight is 765 g/mol. The Morgan fingerprint density at radius 1 is 0.283 bits per heavy atom. The van der Waals surface area contributed by atoms with Crippen LogP contribution in [-0.4, -0.2) is 4.57 Å². The van der Waals surface area contributed by atoms with Crippen molar-refractivity contribution in [1.82, 2.24) is 4.57 Å². The molecular formula is C58H40N2. The van der Waals surface area contributed by atoms with Gasteiger partial charge in [0.05, 0.1) is 22.4 Å². The first-order chi connectivity index (χ1) is 29.8. The van der Waals surface area contributed by atoms with Crippen molar-refractivity contribution >= 4 is 49.6 Å². The topological polar surface area (TPSA) is 8.17 Å². The molecule has 0 saturated carbocycles. The van der Waals surface area contributed by atoms with Gasteiger partial charge < -0.3 is 9.47 Å². The van der Waals surface area contributed by atoms with Gasteiger partial charge in [-0.3, -0.25) is 0 Å². The third-order valence-corrected chi connectivity index (χ3v) is 11.8. The molecule has 11 rings (SSSR count). The Balaban J connectivity index is 1.18. The standard InChI is InChI=1S/C58H40N2/c1-4-19-41(20-5-1)42-37-39-46(40-38-42)59(53-33-13-10-27-48(53)50-31-17-24-44-23-16-30-47(57(44)50)43-21-6-2-7-22-43)54-34-14-11-28-49(54)51-32-18-36-56-58(51)52-29-12-15-35-55(52)60(56)45-25-8-3-9-26-45/h1-40H. The highest BCUT2D eigenvalue weighted by molar-refractivity contribution is 6.17. The van der Waals surface area contributed by atoms with Gasteiger partial charge in [-0.15, -0.1) is 0 Å². The fourth-order valence-corrected chi connectivity index (χ4v) is 9.16. The van der Waals surface area contributed by atoms with E-state index < -0.39 is 0 Å². The summed E-state index contributed by atoms with van der Waals surface area (Å²) in [6.07, 6.45) is 0. The van der Waals surface area contributed by atoms with Gasteiger partial charge >= 0.3 is 0 Å². The Morgan fingerprint density at radius 3 is 1.42 bits per heavy atom. The molecule has 0 N–H and O–H groups in total. The number of hydrogen-bond acceptors (Lipinski definition) is 1. The lowest BCUT2D eigenvalue weighted by Gasteiger charge is -2.30. The second-order valence-electron chi connectivity index (χ2n) is 15.2.